The third-order valence-corrected chi connectivity index (χ3v) is 10.1. The van der Waals surface area contributed by atoms with Gasteiger partial charge in [0.2, 0.25) is 0 Å². The molecular weight excluding hydrogens is 788 g/mol. The molecule has 8 N–H and O–H groups in total. The third-order valence-electron chi connectivity index (χ3n) is 10.1. The number of alkyl carbamates (subject to hydrolysis) is 2. The number of hydrogen-bond donors (Lipinski definition) is 8. The molecule has 2 aliphatic heterocycles. The molecule has 0 bridgehead atoms. The fourth-order valence-electron chi connectivity index (χ4n) is 7.24. The maximum Gasteiger partial charge on any atom is 0.407 e. The summed E-state index contributed by atoms with van der Waals surface area (Å²) in [7, 11) is 0. The van der Waals surface area contributed by atoms with Crippen LogP contribution in [0.15, 0.2) is 0 Å². The molecule has 0 spiro atoms. The number of aliphatic hydroxyl groups is 4. The molecule has 1 aliphatic carbocycles. The molecule has 2 heterocycles. The highest BCUT2D eigenvalue weighted by atomic mass is 16.7. The zero-order chi connectivity index (χ0) is 45.4. The Labute approximate surface area is 354 Å². The Morgan fingerprint density at radius 3 is 1.97 bits per heavy atom. The molecule has 19 nitrogen and oxygen atoms in total. The molecule has 0 aromatic heterocycles. The second-order valence-electron chi connectivity index (χ2n) is 19.5. The number of carbonyl (C=O) groups excluding carboxylic acids is 4. The summed E-state index contributed by atoms with van der Waals surface area (Å²) in [5.74, 6) is -2.94. The molecule has 3 amide bonds. The lowest BCUT2D eigenvalue weighted by atomic mass is 9.80. The summed E-state index contributed by atoms with van der Waals surface area (Å²) in [5.41, 5.74) is -4.29. The maximum absolute atomic E-state index is 13.6. The molecule has 2 saturated heterocycles. The van der Waals surface area contributed by atoms with E-state index >= 15 is 0 Å². The second kappa shape index (κ2) is 21.5. The van der Waals surface area contributed by atoms with Crippen molar-refractivity contribution in [3.63, 3.8) is 0 Å². The van der Waals surface area contributed by atoms with E-state index in [0.29, 0.717) is 6.54 Å². The molecule has 0 radical (unpaired) electrons. The van der Waals surface area contributed by atoms with Crippen LogP contribution in [0.25, 0.3) is 0 Å². The molecule has 348 valence electrons. The van der Waals surface area contributed by atoms with Gasteiger partial charge in [0.05, 0.1) is 43.4 Å². The van der Waals surface area contributed by atoms with E-state index in [-0.39, 0.29) is 25.0 Å². The molecular formula is C41H74N4O15. The van der Waals surface area contributed by atoms with Gasteiger partial charge in [-0.25, -0.2) is 9.59 Å². The lowest BCUT2D eigenvalue weighted by Gasteiger charge is -2.49. The highest BCUT2D eigenvalue weighted by Crippen LogP contribution is 2.37. The molecule has 1 saturated carbocycles. The number of esters is 1. The molecule has 13 atom stereocenters. The van der Waals surface area contributed by atoms with E-state index in [2.05, 4.69) is 28.2 Å². The smallest absolute Gasteiger partial charge is 0.407 e. The van der Waals surface area contributed by atoms with Gasteiger partial charge < -0.3 is 74.9 Å². The van der Waals surface area contributed by atoms with Crippen LogP contribution in [0, 0.1) is 11.8 Å². The summed E-state index contributed by atoms with van der Waals surface area (Å²) in [6.07, 6.45) is -10.3. The van der Waals surface area contributed by atoms with Crippen LogP contribution >= 0.6 is 0 Å². The quantitative estimate of drug-likeness (QED) is 0.0663. The van der Waals surface area contributed by atoms with Gasteiger partial charge in [-0.3, -0.25) is 9.59 Å². The van der Waals surface area contributed by atoms with Crippen molar-refractivity contribution in [2.45, 2.75) is 199 Å². The summed E-state index contributed by atoms with van der Waals surface area (Å²) in [6, 6.07) is -2.27. The Morgan fingerprint density at radius 1 is 0.817 bits per heavy atom. The average molecular weight is 863 g/mol. The summed E-state index contributed by atoms with van der Waals surface area (Å²) in [4.78, 5) is 52.1. The maximum atomic E-state index is 13.6. The lowest BCUT2D eigenvalue weighted by molar-refractivity contribution is -0.318. The van der Waals surface area contributed by atoms with Gasteiger partial charge in [0.25, 0.3) is 5.91 Å². The van der Waals surface area contributed by atoms with Gasteiger partial charge in [-0.1, -0.05) is 13.8 Å². The van der Waals surface area contributed by atoms with Crippen LogP contribution in [0.3, 0.4) is 0 Å². The molecule has 3 rings (SSSR count). The van der Waals surface area contributed by atoms with Crippen molar-refractivity contribution in [2.75, 3.05) is 26.2 Å². The highest BCUT2D eigenvalue weighted by molar-refractivity contribution is 5.82. The van der Waals surface area contributed by atoms with Gasteiger partial charge in [-0.05, 0) is 101 Å². The Hall–Kier alpha value is -2.88. The third kappa shape index (κ3) is 16.4. The summed E-state index contributed by atoms with van der Waals surface area (Å²) < 4.78 is 41.3. The van der Waals surface area contributed by atoms with Gasteiger partial charge in [-0.15, -0.1) is 0 Å². The van der Waals surface area contributed by atoms with Crippen LogP contribution in [0.5, 0.6) is 0 Å². The number of ether oxygens (including phenoxy) is 7. The van der Waals surface area contributed by atoms with Crippen LogP contribution in [-0.2, 0) is 42.7 Å². The molecule has 0 aromatic carbocycles. The first-order valence-corrected chi connectivity index (χ1v) is 21.1. The first-order valence-electron chi connectivity index (χ1n) is 21.1. The van der Waals surface area contributed by atoms with E-state index in [0.717, 1.165) is 25.8 Å². The Kier molecular flexibility index (Phi) is 18.4. The average Bonchev–Trinajstić information content (AvgIpc) is 3.08. The van der Waals surface area contributed by atoms with Crippen LogP contribution < -0.4 is 21.3 Å². The van der Waals surface area contributed by atoms with E-state index in [9.17, 15) is 39.6 Å². The Balaban J connectivity index is 1.99. The van der Waals surface area contributed by atoms with E-state index in [1.54, 1.807) is 62.3 Å². The van der Waals surface area contributed by atoms with Gasteiger partial charge in [0, 0.05) is 18.4 Å². The summed E-state index contributed by atoms with van der Waals surface area (Å²) >= 11 is 0. The van der Waals surface area contributed by atoms with Crippen molar-refractivity contribution in [1.29, 1.82) is 0 Å². The highest BCUT2D eigenvalue weighted by Gasteiger charge is 2.54. The van der Waals surface area contributed by atoms with Crippen molar-refractivity contribution in [1.82, 2.24) is 21.3 Å². The van der Waals surface area contributed by atoms with Crippen molar-refractivity contribution in [2.24, 2.45) is 11.8 Å². The zero-order valence-electron chi connectivity index (χ0n) is 37.6. The number of aliphatic hydroxyl groups excluding tert-OH is 3. The van der Waals surface area contributed by atoms with E-state index in [1.165, 1.54) is 6.92 Å². The number of hydrogen-bond acceptors (Lipinski definition) is 16. The van der Waals surface area contributed by atoms with Crippen LogP contribution in [-0.4, -0.2) is 154 Å². The van der Waals surface area contributed by atoms with Crippen molar-refractivity contribution in [3.8, 4) is 0 Å². The van der Waals surface area contributed by atoms with Gasteiger partial charge in [0.15, 0.2) is 12.6 Å². The minimum Gasteiger partial charge on any atom is -0.460 e. The van der Waals surface area contributed by atoms with Gasteiger partial charge in [0.1, 0.15) is 47.3 Å². The predicted octanol–water partition coefficient (Wildman–Crippen LogP) is 1.74. The van der Waals surface area contributed by atoms with Crippen molar-refractivity contribution in [3.05, 3.63) is 0 Å². The van der Waals surface area contributed by atoms with Gasteiger partial charge >= 0.3 is 18.2 Å². The number of rotatable bonds is 15. The largest absolute Gasteiger partial charge is 0.460 e. The van der Waals surface area contributed by atoms with Gasteiger partial charge in [-0.2, -0.15) is 0 Å². The minimum absolute atomic E-state index is 0.134. The van der Waals surface area contributed by atoms with Crippen molar-refractivity contribution < 1.29 is 72.8 Å². The molecule has 6 unspecified atom stereocenters. The van der Waals surface area contributed by atoms with Crippen LogP contribution in [0.2, 0.25) is 0 Å². The topological polar surface area (TPSA) is 262 Å². The number of nitrogens with one attached hydrogen (secondary N) is 4. The first-order chi connectivity index (χ1) is 27.6. The summed E-state index contributed by atoms with van der Waals surface area (Å²) in [5, 5.41) is 57.2. The standard InChI is InChI=1S/C41H74N4O15/c1-13-16-42-19-23-15-14-22(2)34(55-23)56-32-26(45-37(52)60-40(9,10)11)18-25(44-33(50)27(46)20-43-36(51)59-39(6,7)8)31(30(32)49)57-35-29(48)24(41(12,53)21-54-35)17-28(47)58-38(3,4)5/h22-27,29-32,34-35,42,46,48-49,53H,13-21H2,1-12H3,(H,43,51)(H,44,50)(H,45,52)/t22?,23-,24+,25+,26-,27-,29?,30?,31?,32?,34+,35+,41?/m0/s1. The SMILES string of the molecule is CCCNC[C@@H]1CCC(C)[C@@H](OC2C(O)C(O[C@H]3OCC(C)(O)[C@H](CC(=O)OC(C)(C)C)C3O)[C@H](NC(=O)[C@@H](O)CNC(=O)OC(C)(C)C)C[C@@H]2NC(=O)OC(C)(C)C)O1. The molecule has 3 aliphatic rings. The summed E-state index contributed by atoms with van der Waals surface area (Å²) in [6.45, 7) is 20.9. The van der Waals surface area contributed by atoms with E-state index in [1.807, 2.05) is 6.92 Å². The van der Waals surface area contributed by atoms with E-state index in [4.69, 9.17) is 33.2 Å². The molecule has 60 heavy (non-hydrogen) atoms. The molecule has 3 fully saturated rings. The number of carbonyl (C=O) groups is 4. The van der Waals surface area contributed by atoms with Crippen LogP contribution in [0.1, 0.15) is 115 Å². The number of amides is 3. The predicted molar refractivity (Wildman–Crippen MR) is 216 cm³/mol. The zero-order valence-corrected chi connectivity index (χ0v) is 37.6. The monoisotopic (exact) mass is 863 g/mol. The minimum atomic E-state index is -1.80. The molecule has 19 heteroatoms. The normalized spacial score (nSPS) is 33.2. The Bertz CT molecular complexity index is 1410. The second-order valence-corrected chi connectivity index (χ2v) is 19.5. The fraction of sp³-hybridized carbons (Fsp3) is 0.902. The lowest BCUT2D eigenvalue weighted by Crippen LogP contribution is -2.69. The first kappa shape index (κ1) is 51.5. The van der Waals surface area contributed by atoms with Crippen LogP contribution in [0.4, 0.5) is 9.59 Å². The Morgan fingerprint density at radius 2 is 1.38 bits per heavy atom. The van der Waals surface area contributed by atoms with E-state index < -0.39 is 121 Å². The fourth-order valence-corrected chi connectivity index (χ4v) is 7.24. The van der Waals surface area contributed by atoms with Crippen molar-refractivity contribution >= 4 is 24.1 Å². The molecule has 0 aromatic rings.